The Kier molecular flexibility index (Phi) is 3.04. The fraction of sp³-hybridized carbons (Fsp3) is 0.111. The summed E-state index contributed by atoms with van der Waals surface area (Å²) in [5, 5.41) is 18.6. The molecular formula is C9H5F3N2O2. The van der Waals surface area contributed by atoms with Gasteiger partial charge < -0.3 is 5.11 Å². The average Bonchev–Trinajstić information content (AvgIpc) is 2.15. The van der Waals surface area contributed by atoms with E-state index in [1.807, 2.05) is 0 Å². The first-order valence-electron chi connectivity index (χ1n) is 3.96. The molecule has 0 spiro atoms. The Balaban J connectivity index is 3.23. The number of amides is 1. The van der Waals surface area contributed by atoms with E-state index in [-0.39, 0.29) is 5.69 Å². The van der Waals surface area contributed by atoms with Gasteiger partial charge in [-0.25, -0.2) is 4.79 Å². The van der Waals surface area contributed by atoms with Gasteiger partial charge in [0.05, 0.1) is 17.2 Å². The van der Waals surface area contributed by atoms with Crippen molar-refractivity contribution in [2.45, 2.75) is 6.18 Å². The molecule has 1 rings (SSSR count). The van der Waals surface area contributed by atoms with Crippen LogP contribution in [0.3, 0.4) is 0 Å². The topological polar surface area (TPSA) is 73.1 Å². The largest absolute Gasteiger partial charge is 0.465 e. The normalized spacial score (nSPS) is 10.6. The third kappa shape index (κ3) is 2.63. The highest BCUT2D eigenvalue weighted by Gasteiger charge is 2.33. The lowest BCUT2D eigenvalue weighted by Gasteiger charge is -2.10. The fourth-order valence-corrected chi connectivity index (χ4v) is 1.08. The number of rotatable bonds is 1. The molecule has 1 aromatic carbocycles. The predicted octanol–water partition coefficient (Wildman–Crippen LogP) is 2.67. The van der Waals surface area contributed by atoms with Crippen molar-refractivity contribution in [2.24, 2.45) is 0 Å². The molecule has 1 amide bonds. The number of nitriles is 1. The van der Waals surface area contributed by atoms with Crippen LogP contribution in [0.1, 0.15) is 11.1 Å². The summed E-state index contributed by atoms with van der Waals surface area (Å²) in [6.07, 6.45) is -6.17. The summed E-state index contributed by atoms with van der Waals surface area (Å²) in [5.41, 5.74) is -1.96. The van der Waals surface area contributed by atoms with Gasteiger partial charge in [-0.05, 0) is 18.2 Å². The quantitative estimate of drug-likeness (QED) is 0.778. The number of nitrogens with zero attached hydrogens (tertiary/aromatic N) is 1. The lowest BCUT2D eigenvalue weighted by atomic mass is 10.1. The molecule has 1 aromatic rings. The number of benzene rings is 1. The lowest BCUT2D eigenvalue weighted by Crippen LogP contribution is -2.11. The first-order valence-corrected chi connectivity index (χ1v) is 3.96. The van der Waals surface area contributed by atoms with E-state index < -0.39 is 23.4 Å². The van der Waals surface area contributed by atoms with Gasteiger partial charge in [0, 0.05) is 5.69 Å². The summed E-state index contributed by atoms with van der Waals surface area (Å²) in [4.78, 5) is 10.2. The van der Waals surface area contributed by atoms with Crippen molar-refractivity contribution in [2.75, 3.05) is 5.32 Å². The van der Waals surface area contributed by atoms with Gasteiger partial charge in [0.15, 0.2) is 0 Å². The molecule has 0 atom stereocenters. The summed E-state index contributed by atoms with van der Waals surface area (Å²) >= 11 is 0. The number of halogens is 3. The Hall–Kier alpha value is -2.23. The molecule has 0 aliphatic heterocycles. The van der Waals surface area contributed by atoms with Crippen molar-refractivity contribution in [1.82, 2.24) is 0 Å². The summed E-state index contributed by atoms with van der Waals surface area (Å²) in [6, 6.07) is 3.96. The Labute approximate surface area is 87.9 Å². The number of nitrogens with one attached hydrogen (secondary N) is 1. The first-order chi connectivity index (χ1) is 7.34. The van der Waals surface area contributed by atoms with E-state index in [0.29, 0.717) is 6.07 Å². The molecule has 7 heteroatoms. The Morgan fingerprint density at radius 3 is 2.50 bits per heavy atom. The molecule has 0 saturated heterocycles. The van der Waals surface area contributed by atoms with E-state index in [2.05, 4.69) is 0 Å². The molecule has 0 aliphatic rings. The van der Waals surface area contributed by atoms with Crippen LogP contribution < -0.4 is 5.32 Å². The van der Waals surface area contributed by atoms with Crippen molar-refractivity contribution < 1.29 is 23.1 Å². The number of hydrogen-bond acceptors (Lipinski definition) is 2. The summed E-state index contributed by atoms with van der Waals surface area (Å²) in [6.45, 7) is 0. The highest BCUT2D eigenvalue weighted by atomic mass is 19.4. The van der Waals surface area contributed by atoms with E-state index in [9.17, 15) is 18.0 Å². The van der Waals surface area contributed by atoms with Gasteiger partial charge in [0.1, 0.15) is 0 Å². The van der Waals surface area contributed by atoms with Crippen LogP contribution >= 0.6 is 0 Å². The standard InChI is InChI=1S/C9H5F3N2O2/c10-9(11,12)7-3-6(14-8(15)16)2-1-5(7)4-13/h1-3,14H,(H,15,16). The SMILES string of the molecule is N#Cc1ccc(NC(=O)O)cc1C(F)(F)F. The van der Waals surface area contributed by atoms with Crippen LogP contribution in [0.5, 0.6) is 0 Å². The maximum atomic E-state index is 12.4. The molecule has 4 nitrogen and oxygen atoms in total. The van der Waals surface area contributed by atoms with E-state index in [4.69, 9.17) is 10.4 Å². The van der Waals surface area contributed by atoms with Crippen LogP contribution in [0.2, 0.25) is 0 Å². The lowest BCUT2D eigenvalue weighted by molar-refractivity contribution is -0.137. The zero-order valence-corrected chi connectivity index (χ0v) is 7.67. The minimum Gasteiger partial charge on any atom is -0.465 e. The van der Waals surface area contributed by atoms with Crippen molar-refractivity contribution in [3.05, 3.63) is 29.3 Å². The van der Waals surface area contributed by atoms with Crippen LogP contribution in [-0.2, 0) is 6.18 Å². The van der Waals surface area contributed by atoms with Gasteiger partial charge in [-0.1, -0.05) is 0 Å². The molecule has 0 unspecified atom stereocenters. The number of hydrogen-bond donors (Lipinski definition) is 2. The second-order valence-electron chi connectivity index (χ2n) is 2.80. The second kappa shape index (κ2) is 4.10. The van der Waals surface area contributed by atoms with Crippen LogP contribution in [-0.4, -0.2) is 11.2 Å². The number of anilines is 1. The zero-order chi connectivity index (χ0) is 12.3. The smallest absolute Gasteiger partial charge is 0.417 e. The van der Waals surface area contributed by atoms with Crippen molar-refractivity contribution in [3.8, 4) is 6.07 Å². The Morgan fingerprint density at radius 2 is 2.06 bits per heavy atom. The monoisotopic (exact) mass is 230 g/mol. The molecule has 0 saturated carbocycles. The molecule has 0 aromatic heterocycles. The fourth-order valence-electron chi connectivity index (χ4n) is 1.08. The third-order valence-electron chi connectivity index (χ3n) is 1.70. The molecule has 16 heavy (non-hydrogen) atoms. The maximum Gasteiger partial charge on any atom is 0.417 e. The van der Waals surface area contributed by atoms with Gasteiger partial charge in [0.25, 0.3) is 0 Å². The molecule has 2 N–H and O–H groups in total. The summed E-state index contributed by atoms with van der Waals surface area (Å²) in [5.74, 6) is 0. The second-order valence-corrected chi connectivity index (χ2v) is 2.80. The number of carboxylic acid groups (broad SMARTS) is 1. The van der Waals surface area contributed by atoms with Crippen molar-refractivity contribution in [1.29, 1.82) is 5.26 Å². The Morgan fingerprint density at radius 1 is 1.44 bits per heavy atom. The van der Waals surface area contributed by atoms with Crippen LogP contribution in [0.4, 0.5) is 23.7 Å². The highest BCUT2D eigenvalue weighted by molar-refractivity contribution is 5.83. The molecule has 0 heterocycles. The van der Waals surface area contributed by atoms with Crippen LogP contribution in [0.15, 0.2) is 18.2 Å². The van der Waals surface area contributed by atoms with Gasteiger partial charge in [-0.2, -0.15) is 18.4 Å². The zero-order valence-electron chi connectivity index (χ0n) is 7.67. The molecule has 84 valence electrons. The summed E-state index contributed by atoms with van der Waals surface area (Å²) < 4.78 is 37.3. The van der Waals surface area contributed by atoms with Crippen molar-refractivity contribution in [3.63, 3.8) is 0 Å². The predicted molar refractivity (Wildman–Crippen MR) is 47.8 cm³/mol. The van der Waals surface area contributed by atoms with Gasteiger partial charge in [0.2, 0.25) is 0 Å². The minimum atomic E-state index is -4.69. The first kappa shape index (κ1) is 11.8. The van der Waals surface area contributed by atoms with Gasteiger partial charge >= 0.3 is 12.3 Å². The van der Waals surface area contributed by atoms with E-state index in [1.165, 1.54) is 6.07 Å². The third-order valence-corrected chi connectivity index (χ3v) is 1.70. The number of alkyl halides is 3. The molecular weight excluding hydrogens is 225 g/mol. The van der Waals surface area contributed by atoms with E-state index >= 15 is 0 Å². The highest BCUT2D eigenvalue weighted by Crippen LogP contribution is 2.33. The van der Waals surface area contributed by atoms with Crippen LogP contribution in [0, 0.1) is 11.3 Å². The molecule has 0 radical (unpaired) electrons. The minimum absolute atomic E-state index is 0.237. The number of carbonyl (C=O) groups is 1. The van der Waals surface area contributed by atoms with Crippen molar-refractivity contribution >= 4 is 11.8 Å². The van der Waals surface area contributed by atoms with Gasteiger partial charge in [-0.3, -0.25) is 5.32 Å². The summed E-state index contributed by atoms with van der Waals surface area (Å²) in [7, 11) is 0. The average molecular weight is 230 g/mol. The van der Waals surface area contributed by atoms with Gasteiger partial charge in [-0.15, -0.1) is 0 Å². The maximum absolute atomic E-state index is 12.4. The molecule has 0 aliphatic carbocycles. The Bertz CT molecular complexity index is 463. The molecule has 0 bridgehead atoms. The van der Waals surface area contributed by atoms with E-state index in [0.717, 1.165) is 12.1 Å². The molecule has 0 fully saturated rings. The van der Waals surface area contributed by atoms with E-state index in [1.54, 1.807) is 5.32 Å². The van der Waals surface area contributed by atoms with Crippen LogP contribution in [0.25, 0.3) is 0 Å².